The third-order valence-electron chi connectivity index (χ3n) is 2.69. The van der Waals surface area contributed by atoms with Crippen molar-refractivity contribution in [3.63, 3.8) is 0 Å². The summed E-state index contributed by atoms with van der Waals surface area (Å²) in [6.45, 7) is 0.0462. The predicted molar refractivity (Wildman–Crippen MR) is 74.2 cm³/mol. The number of aryl methyl sites for hydroxylation is 1. The summed E-state index contributed by atoms with van der Waals surface area (Å²) in [5.74, 6) is -1.28. The molecule has 20 heavy (non-hydrogen) atoms. The zero-order valence-electron chi connectivity index (χ0n) is 11.2. The zero-order valence-corrected chi connectivity index (χ0v) is 11.2. The van der Waals surface area contributed by atoms with Gasteiger partial charge in [-0.05, 0) is 18.4 Å². The lowest BCUT2D eigenvalue weighted by Gasteiger charge is -2.12. The Morgan fingerprint density at radius 3 is 2.65 bits per heavy atom. The molecule has 1 rings (SSSR count). The van der Waals surface area contributed by atoms with Gasteiger partial charge in [0.25, 0.3) is 0 Å². The van der Waals surface area contributed by atoms with Crippen LogP contribution in [0.15, 0.2) is 30.3 Å². The van der Waals surface area contributed by atoms with Gasteiger partial charge in [-0.3, -0.25) is 4.79 Å². The van der Waals surface area contributed by atoms with Crippen molar-refractivity contribution in [3.05, 3.63) is 35.9 Å². The minimum atomic E-state index is -1.03. The molecule has 0 aromatic heterocycles. The maximum absolute atomic E-state index is 11.7. The fourth-order valence-electron chi connectivity index (χ4n) is 1.63. The van der Waals surface area contributed by atoms with Crippen LogP contribution in [0.4, 0.5) is 0 Å². The minimum Gasteiger partial charge on any atom is -0.480 e. The van der Waals surface area contributed by atoms with Crippen molar-refractivity contribution in [2.75, 3.05) is 19.8 Å². The molecule has 0 unspecified atom stereocenters. The van der Waals surface area contributed by atoms with E-state index in [4.69, 9.17) is 15.6 Å². The highest BCUT2D eigenvalue weighted by atomic mass is 16.5. The fourth-order valence-corrected chi connectivity index (χ4v) is 1.63. The van der Waals surface area contributed by atoms with E-state index < -0.39 is 12.0 Å². The quantitative estimate of drug-likeness (QED) is 0.559. The van der Waals surface area contributed by atoms with Crippen molar-refractivity contribution in [2.24, 2.45) is 5.73 Å². The molecule has 6 heteroatoms. The Bertz CT molecular complexity index is 422. The monoisotopic (exact) mass is 280 g/mol. The van der Waals surface area contributed by atoms with E-state index in [1.165, 1.54) is 0 Å². The van der Waals surface area contributed by atoms with Crippen LogP contribution in [0.5, 0.6) is 0 Å². The highest BCUT2D eigenvalue weighted by Gasteiger charge is 2.12. The maximum atomic E-state index is 11.7. The Hall–Kier alpha value is -1.92. The molecule has 1 amide bonds. The molecular weight excluding hydrogens is 260 g/mol. The molecule has 0 saturated carbocycles. The second-order valence-electron chi connectivity index (χ2n) is 4.37. The molecule has 0 fully saturated rings. The van der Waals surface area contributed by atoms with Crippen molar-refractivity contribution in [1.82, 2.24) is 5.32 Å². The second-order valence-corrected chi connectivity index (χ2v) is 4.37. The molecule has 1 aromatic carbocycles. The number of nitrogens with one attached hydrogen (secondary N) is 1. The molecule has 0 aliphatic heterocycles. The summed E-state index contributed by atoms with van der Waals surface area (Å²) in [5.41, 5.74) is 6.92. The van der Waals surface area contributed by atoms with E-state index in [0.717, 1.165) is 12.0 Å². The van der Waals surface area contributed by atoms with E-state index in [0.29, 0.717) is 6.42 Å². The summed E-state index contributed by atoms with van der Waals surface area (Å²) < 4.78 is 4.80. The number of carbonyl (C=O) groups excluding carboxylic acids is 1. The molecule has 0 saturated heterocycles. The van der Waals surface area contributed by atoms with Crippen LogP contribution in [0.1, 0.15) is 12.0 Å². The van der Waals surface area contributed by atoms with Crippen LogP contribution >= 0.6 is 0 Å². The maximum Gasteiger partial charge on any atom is 0.329 e. The van der Waals surface area contributed by atoms with Gasteiger partial charge in [0, 0.05) is 6.54 Å². The van der Waals surface area contributed by atoms with E-state index >= 15 is 0 Å². The van der Waals surface area contributed by atoms with Crippen LogP contribution in [0.25, 0.3) is 0 Å². The molecule has 0 aliphatic carbocycles. The van der Waals surface area contributed by atoms with E-state index in [1.807, 2.05) is 30.3 Å². The van der Waals surface area contributed by atoms with Crippen LogP contribution in [0, 0.1) is 0 Å². The molecule has 1 aromatic rings. The van der Waals surface area contributed by atoms with Gasteiger partial charge < -0.3 is 20.9 Å². The summed E-state index contributed by atoms with van der Waals surface area (Å²) in [6, 6.07) is 9.23. The van der Waals surface area contributed by atoms with Crippen molar-refractivity contribution in [2.45, 2.75) is 18.9 Å². The van der Waals surface area contributed by atoms with Gasteiger partial charge in [-0.15, -0.1) is 0 Å². The highest BCUT2D eigenvalue weighted by molar-refractivity contribution is 5.81. The van der Waals surface area contributed by atoms with Crippen LogP contribution in [-0.2, 0) is 20.7 Å². The Labute approximate surface area is 117 Å². The number of carboxylic acids is 1. The topological polar surface area (TPSA) is 102 Å². The molecule has 0 aliphatic rings. The third kappa shape index (κ3) is 6.86. The van der Waals surface area contributed by atoms with Gasteiger partial charge >= 0.3 is 5.97 Å². The first-order valence-corrected chi connectivity index (χ1v) is 6.46. The lowest BCUT2D eigenvalue weighted by Crippen LogP contribution is -2.42. The molecule has 0 spiro atoms. The van der Waals surface area contributed by atoms with E-state index in [-0.39, 0.29) is 25.7 Å². The Morgan fingerprint density at radius 2 is 2.00 bits per heavy atom. The van der Waals surface area contributed by atoms with Gasteiger partial charge in [-0.2, -0.15) is 0 Å². The van der Waals surface area contributed by atoms with Crippen molar-refractivity contribution >= 4 is 11.9 Å². The lowest BCUT2D eigenvalue weighted by atomic mass is 10.1. The Kier molecular flexibility index (Phi) is 7.31. The highest BCUT2D eigenvalue weighted by Crippen LogP contribution is 2.03. The first-order valence-electron chi connectivity index (χ1n) is 6.46. The largest absolute Gasteiger partial charge is 0.480 e. The predicted octanol–water partition coefficient (Wildman–Crippen LogP) is 0.164. The summed E-state index contributed by atoms with van der Waals surface area (Å²) in [6.07, 6.45) is 1.30. The molecular formula is C14H20N2O4. The van der Waals surface area contributed by atoms with E-state index in [9.17, 15) is 9.59 Å². The van der Waals surface area contributed by atoms with Crippen molar-refractivity contribution in [3.8, 4) is 0 Å². The SMILES string of the molecule is N[C@@H](CCc1ccccc1)C(=O)NCCOCC(=O)O. The standard InChI is InChI=1S/C14H20N2O4/c15-12(7-6-11-4-2-1-3-5-11)14(19)16-8-9-20-10-13(17)18/h1-5,12H,6-10,15H2,(H,16,19)(H,17,18)/t12-/m0/s1. The number of hydrogen-bond donors (Lipinski definition) is 3. The van der Waals surface area contributed by atoms with Crippen LogP contribution in [0.2, 0.25) is 0 Å². The van der Waals surface area contributed by atoms with Crippen LogP contribution < -0.4 is 11.1 Å². The van der Waals surface area contributed by atoms with Crippen molar-refractivity contribution in [1.29, 1.82) is 0 Å². The van der Waals surface area contributed by atoms with E-state index in [2.05, 4.69) is 5.32 Å². The first-order chi connectivity index (χ1) is 9.59. The van der Waals surface area contributed by atoms with Gasteiger partial charge in [-0.1, -0.05) is 30.3 Å². The molecule has 0 heterocycles. The average molecular weight is 280 g/mol. The zero-order chi connectivity index (χ0) is 14.8. The number of nitrogens with two attached hydrogens (primary N) is 1. The number of amides is 1. The number of benzene rings is 1. The van der Waals surface area contributed by atoms with Crippen molar-refractivity contribution < 1.29 is 19.4 Å². The molecule has 0 radical (unpaired) electrons. The lowest BCUT2D eigenvalue weighted by molar-refractivity contribution is -0.142. The summed E-state index contributed by atoms with van der Waals surface area (Å²) in [5, 5.41) is 11.0. The van der Waals surface area contributed by atoms with Gasteiger partial charge in [0.05, 0.1) is 12.6 Å². The van der Waals surface area contributed by atoms with Crippen LogP contribution in [0.3, 0.4) is 0 Å². The van der Waals surface area contributed by atoms with Gasteiger partial charge in [0.1, 0.15) is 6.61 Å². The molecule has 1 atom stereocenters. The van der Waals surface area contributed by atoms with Gasteiger partial charge in [0.15, 0.2) is 0 Å². The summed E-state index contributed by atoms with van der Waals surface area (Å²) in [4.78, 5) is 21.8. The van der Waals surface area contributed by atoms with Crippen LogP contribution in [-0.4, -0.2) is 42.8 Å². The number of hydrogen-bond acceptors (Lipinski definition) is 4. The Morgan fingerprint density at radius 1 is 1.30 bits per heavy atom. The first kappa shape index (κ1) is 16.1. The smallest absolute Gasteiger partial charge is 0.329 e. The molecule has 4 N–H and O–H groups in total. The normalized spacial score (nSPS) is 11.8. The van der Waals surface area contributed by atoms with Gasteiger partial charge in [-0.25, -0.2) is 4.79 Å². The van der Waals surface area contributed by atoms with E-state index in [1.54, 1.807) is 0 Å². The summed E-state index contributed by atoms with van der Waals surface area (Å²) in [7, 11) is 0. The molecule has 0 bridgehead atoms. The Balaban J connectivity index is 2.14. The molecule has 110 valence electrons. The second kappa shape index (κ2) is 9.06. The fraction of sp³-hybridized carbons (Fsp3) is 0.429. The molecule has 6 nitrogen and oxygen atoms in total. The number of rotatable bonds is 9. The average Bonchev–Trinajstić information content (AvgIpc) is 2.45. The third-order valence-corrected chi connectivity index (χ3v) is 2.69. The number of carboxylic acid groups (broad SMARTS) is 1. The number of ether oxygens (including phenoxy) is 1. The minimum absolute atomic E-state index is 0.156. The number of carbonyl (C=O) groups is 2. The summed E-state index contributed by atoms with van der Waals surface area (Å²) >= 11 is 0. The van der Waals surface area contributed by atoms with Gasteiger partial charge in [0.2, 0.25) is 5.91 Å². The number of aliphatic carboxylic acids is 1.